The summed E-state index contributed by atoms with van der Waals surface area (Å²) < 4.78 is 68.3. The Balaban J connectivity index is 1.50. The molecule has 3 aromatic rings. The monoisotopic (exact) mass is 670 g/mol. The van der Waals surface area contributed by atoms with Crippen molar-refractivity contribution >= 4 is 56.1 Å². The molecule has 12 heteroatoms. The molecule has 0 unspecified atom stereocenters. The van der Waals surface area contributed by atoms with E-state index in [2.05, 4.69) is 20.1 Å². The number of hydrogen-bond acceptors (Lipinski definition) is 7. The first kappa shape index (κ1) is 33.5. The molecule has 0 saturated carbocycles. The molecule has 5 rings (SSSR count). The number of benzene rings is 2. The van der Waals surface area contributed by atoms with Gasteiger partial charge >= 0.3 is 15.6 Å². The zero-order valence-electron chi connectivity index (χ0n) is 25.6. The van der Waals surface area contributed by atoms with Crippen LogP contribution in [0.3, 0.4) is 0 Å². The largest absolute Gasteiger partial charge is 0.536 e. The van der Waals surface area contributed by atoms with Gasteiger partial charge in [0.05, 0.1) is 0 Å². The molecule has 0 radical (unpaired) electrons. The highest BCUT2D eigenvalue weighted by Crippen LogP contribution is 2.36. The number of nitrogens with zero attached hydrogens (tertiary/aromatic N) is 2. The zero-order valence-corrected chi connectivity index (χ0v) is 27.2. The van der Waals surface area contributed by atoms with Gasteiger partial charge in [0.2, 0.25) is 5.78 Å². The summed E-state index contributed by atoms with van der Waals surface area (Å²) in [7, 11) is -6.06. The summed E-state index contributed by atoms with van der Waals surface area (Å²) in [4.78, 5) is 28.1. The number of aryl methyl sites for hydroxylation is 2. The van der Waals surface area contributed by atoms with Crippen LogP contribution >= 0.6 is 11.8 Å². The first-order chi connectivity index (χ1) is 21.8. The molecule has 7 nitrogen and oxygen atoms in total. The minimum atomic E-state index is -6.06. The third kappa shape index (κ3) is 6.92. The van der Waals surface area contributed by atoms with Crippen molar-refractivity contribution in [1.29, 1.82) is 0 Å². The predicted molar refractivity (Wildman–Crippen MR) is 174 cm³/mol. The molecule has 2 aliphatic rings. The highest BCUT2D eigenvalue weighted by Gasteiger charge is 2.49. The van der Waals surface area contributed by atoms with Gasteiger partial charge in [-0.1, -0.05) is 35.0 Å². The van der Waals surface area contributed by atoms with Crippen molar-refractivity contribution < 1.29 is 35.5 Å². The van der Waals surface area contributed by atoms with E-state index in [1.807, 2.05) is 57.2 Å². The molecule has 1 heterocycles. The number of ketones is 2. The maximum atomic E-state index is 13.7. The Morgan fingerprint density at radius 1 is 1.04 bits per heavy atom. The summed E-state index contributed by atoms with van der Waals surface area (Å²) in [5.41, 5.74) is 0.108. The van der Waals surface area contributed by atoms with Crippen LogP contribution in [0.2, 0.25) is 0 Å². The summed E-state index contributed by atoms with van der Waals surface area (Å²) in [5.74, 6) is -0.515. The van der Waals surface area contributed by atoms with Gasteiger partial charge in [-0.25, -0.2) is 0 Å². The van der Waals surface area contributed by atoms with E-state index < -0.39 is 27.1 Å². The highest BCUT2D eigenvalue weighted by molar-refractivity contribution is 7.99. The van der Waals surface area contributed by atoms with Crippen LogP contribution in [0.4, 0.5) is 13.2 Å². The molecule has 0 fully saturated rings. The number of carbonyl (C=O) groups excluding carboxylic acids is 2. The number of hydrogen-bond donors (Lipinski definition) is 0. The molecule has 0 N–H and O–H groups in total. The molecule has 1 aromatic heterocycles. The number of carbonyl (C=O) groups is 2. The van der Waals surface area contributed by atoms with Gasteiger partial charge in [-0.15, -0.1) is 11.8 Å². The second kappa shape index (κ2) is 13.4. The molecule has 0 bridgehead atoms. The number of alkyl halides is 3. The number of Topliss-reactive ketones (excluding diaryl/α,β-unsaturated/α-hetero) is 2. The van der Waals surface area contributed by atoms with Crippen molar-refractivity contribution in [3.05, 3.63) is 93.7 Å². The highest BCUT2D eigenvalue weighted by atomic mass is 32.2. The average molecular weight is 671 g/mol. The van der Waals surface area contributed by atoms with E-state index in [0.717, 1.165) is 44.8 Å². The fourth-order valence-electron chi connectivity index (χ4n) is 5.72. The van der Waals surface area contributed by atoms with Gasteiger partial charge in [0.1, 0.15) is 5.71 Å². The second-order valence-electron chi connectivity index (χ2n) is 11.2. The number of oxime groups is 1. The first-order valence-electron chi connectivity index (χ1n) is 14.9. The zero-order chi connectivity index (χ0) is 33.2. The van der Waals surface area contributed by atoms with E-state index in [-0.39, 0.29) is 23.5 Å². The molecule has 0 atom stereocenters. The van der Waals surface area contributed by atoms with E-state index in [1.54, 1.807) is 18.2 Å². The normalized spacial score (nSPS) is 15.6. The molecular formula is C34H33F3N2O5S2. The predicted octanol–water partition coefficient (Wildman–Crippen LogP) is 8.12. The summed E-state index contributed by atoms with van der Waals surface area (Å²) in [6.45, 7) is 6.51. The number of thioether (sulfide) groups is 1. The fraction of sp³-hybridized carbons (Fsp3) is 0.324. The van der Waals surface area contributed by atoms with Crippen LogP contribution < -0.4 is 0 Å². The Bertz CT molecular complexity index is 1930. The van der Waals surface area contributed by atoms with Crippen LogP contribution in [0.5, 0.6) is 0 Å². The molecule has 0 aliphatic heterocycles. The van der Waals surface area contributed by atoms with Crippen molar-refractivity contribution in [1.82, 2.24) is 4.57 Å². The molecule has 242 valence electrons. The van der Waals surface area contributed by atoms with Crippen LogP contribution in [-0.2, 0) is 32.2 Å². The third-order valence-corrected chi connectivity index (χ3v) is 9.98. The van der Waals surface area contributed by atoms with Gasteiger partial charge < -0.3 is 4.57 Å². The Morgan fingerprint density at radius 3 is 2.46 bits per heavy atom. The lowest BCUT2D eigenvalue weighted by Gasteiger charge is -2.18. The van der Waals surface area contributed by atoms with E-state index in [9.17, 15) is 31.2 Å². The van der Waals surface area contributed by atoms with Crippen LogP contribution in [0.25, 0.3) is 17.0 Å². The lowest BCUT2D eigenvalue weighted by Crippen LogP contribution is -2.25. The minimum absolute atomic E-state index is 0.0145. The van der Waals surface area contributed by atoms with Crippen LogP contribution in [0, 0.1) is 6.92 Å². The number of allylic oxidation sites excluding steroid dienone is 5. The number of aromatic nitrogens is 1. The van der Waals surface area contributed by atoms with Crippen LogP contribution in [0.15, 0.2) is 81.4 Å². The van der Waals surface area contributed by atoms with Gasteiger partial charge in [0.15, 0.2) is 5.78 Å². The molecule has 0 amide bonds. The van der Waals surface area contributed by atoms with E-state index >= 15 is 0 Å². The average Bonchev–Trinajstić information content (AvgIpc) is 3.34. The number of fused-ring (bicyclic) bond motifs is 3. The van der Waals surface area contributed by atoms with Crippen LogP contribution in [-0.4, -0.2) is 41.5 Å². The first-order valence-corrected chi connectivity index (χ1v) is 17.3. The molecule has 0 spiro atoms. The molecule has 0 saturated heterocycles. The maximum Gasteiger partial charge on any atom is 0.536 e. The van der Waals surface area contributed by atoms with E-state index in [1.165, 1.54) is 11.8 Å². The van der Waals surface area contributed by atoms with Crippen molar-refractivity contribution in [2.75, 3.05) is 5.75 Å². The van der Waals surface area contributed by atoms with Crippen LogP contribution in [0.1, 0.15) is 66.7 Å². The quantitative estimate of drug-likeness (QED) is 0.0673. The Labute approximate surface area is 270 Å². The van der Waals surface area contributed by atoms with Gasteiger partial charge in [-0.2, -0.15) is 21.6 Å². The minimum Gasteiger partial charge on any atom is -0.344 e. The summed E-state index contributed by atoms with van der Waals surface area (Å²) >= 11 is 1.34. The summed E-state index contributed by atoms with van der Waals surface area (Å²) in [6.07, 6.45) is 8.44. The van der Waals surface area contributed by atoms with E-state index in [0.29, 0.717) is 36.8 Å². The van der Waals surface area contributed by atoms with Crippen molar-refractivity contribution in [2.24, 2.45) is 5.16 Å². The van der Waals surface area contributed by atoms with Crippen molar-refractivity contribution in [3.63, 3.8) is 0 Å². The van der Waals surface area contributed by atoms with Gasteiger partial charge in [-0.3, -0.25) is 13.9 Å². The molecule has 2 aromatic carbocycles. The number of halogens is 3. The topological polar surface area (TPSA) is 94.8 Å². The van der Waals surface area contributed by atoms with Crippen molar-refractivity contribution in [2.45, 2.75) is 69.8 Å². The molecule has 46 heavy (non-hydrogen) atoms. The third-order valence-electron chi connectivity index (χ3n) is 8.13. The number of rotatable bonds is 11. The van der Waals surface area contributed by atoms with Gasteiger partial charge in [0, 0.05) is 62.5 Å². The standard InChI is InChI=1S/C34H33F3N2O5S2/c1-4-39-30-15-11-23(32(40)26-8-6-5-7-22(26)3)19-27(30)28-20-24(12-16-31(28)39)33(41)29(38-44-46(42,43)34(35,36)37)17-18-45-25-13-9-21(2)10-14-25/h5,7,9-10,12-14,16,19-20H,4,6,8,11,15,17-18H2,1-3H3/b38-29+. The summed E-state index contributed by atoms with van der Waals surface area (Å²) in [6, 6.07) is 12.5. The second-order valence-corrected chi connectivity index (χ2v) is 13.9. The van der Waals surface area contributed by atoms with E-state index in [4.69, 9.17) is 0 Å². The lowest BCUT2D eigenvalue weighted by molar-refractivity contribution is -0.112. The smallest absolute Gasteiger partial charge is 0.344 e. The SMILES string of the molecule is CCn1c2c(c3cc(C(=O)/C(CCSc4ccc(C)cc4)=N/OS(=O)(=O)C(F)(F)F)ccc31)C=C(C(=O)C1=C(C)C=CCC1)CC2. The maximum absolute atomic E-state index is 13.7. The lowest BCUT2D eigenvalue weighted by atomic mass is 9.86. The summed E-state index contributed by atoms with van der Waals surface area (Å²) in [5, 5.41) is 3.95. The Hall–Kier alpha value is -3.90. The Kier molecular flexibility index (Phi) is 9.78. The van der Waals surface area contributed by atoms with Gasteiger partial charge in [-0.05, 0) is 88.4 Å². The van der Waals surface area contributed by atoms with Crippen molar-refractivity contribution in [3.8, 4) is 0 Å². The molecular weight excluding hydrogens is 638 g/mol. The molecule has 2 aliphatic carbocycles. The Morgan fingerprint density at radius 2 is 1.78 bits per heavy atom. The fourth-order valence-corrected chi connectivity index (χ4v) is 6.85. The van der Waals surface area contributed by atoms with Gasteiger partial charge in [0.25, 0.3) is 0 Å².